The number of carbonyl (C=O) groups excluding carboxylic acids is 1. The normalized spacial score (nSPS) is 12.8. The van der Waals surface area contributed by atoms with Crippen molar-refractivity contribution >= 4 is 34.9 Å². The van der Waals surface area contributed by atoms with Crippen molar-refractivity contribution in [3.63, 3.8) is 0 Å². The molecule has 0 saturated heterocycles. The second kappa shape index (κ2) is 9.86. The summed E-state index contributed by atoms with van der Waals surface area (Å²) in [5, 5.41) is 0. The van der Waals surface area contributed by atoms with Gasteiger partial charge in [-0.05, 0) is 70.0 Å². The van der Waals surface area contributed by atoms with E-state index in [1.54, 1.807) is 23.8 Å². The van der Waals surface area contributed by atoms with Crippen LogP contribution in [0.1, 0.15) is 53.9 Å². The molecule has 6 heteroatoms. The Hall–Kier alpha value is -2.34. The first kappa shape index (κ1) is 23.3. The van der Waals surface area contributed by atoms with Crippen LogP contribution in [0, 0.1) is 0 Å². The Balaban J connectivity index is 2.05. The number of methoxy groups -OCH3 is 1. The minimum Gasteiger partial charge on any atom is -0.497 e. The van der Waals surface area contributed by atoms with Gasteiger partial charge in [-0.15, -0.1) is 0 Å². The first-order chi connectivity index (χ1) is 14.8. The standard InChI is InChI=1S/C25H34N2O3S/c1-7-9-15-26(14-8-2)18-10-12-20-22(16-18)31-23-17-19(29-6)11-13-21(23)27(20)24(28)30-25(3,4)5/h10-13,16-17H,7-9,14-15H2,1-6H3. The van der Waals surface area contributed by atoms with E-state index in [0.717, 1.165) is 52.8 Å². The highest BCUT2D eigenvalue weighted by atomic mass is 32.2. The molecule has 1 amide bonds. The van der Waals surface area contributed by atoms with Crippen LogP contribution in [0.25, 0.3) is 0 Å². The summed E-state index contributed by atoms with van der Waals surface area (Å²) in [6.45, 7) is 12.1. The predicted octanol–water partition coefficient (Wildman–Crippen LogP) is 7.25. The molecule has 0 fully saturated rings. The zero-order chi connectivity index (χ0) is 22.6. The van der Waals surface area contributed by atoms with E-state index in [1.165, 1.54) is 12.1 Å². The zero-order valence-electron chi connectivity index (χ0n) is 19.5. The van der Waals surface area contributed by atoms with Crippen molar-refractivity contribution in [1.82, 2.24) is 0 Å². The topological polar surface area (TPSA) is 42.0 Å². The SMILES string of the molecule is CCCCN(CCC)c1ccc2c(c1)Sc1cc(OC)ccc1N2C(=O)OC(C)(C)C. The number of rotatable bonds is 7. The van der Waals surface area contributed by atoms with E-state index in [1.807, 2.05) is 45.0 Å². The van der Waals surface area contributed by atoms with Crippen molar-refractivity contribution in [3.05, 3.63) is 36.4 Å². The molecule has 0 saturated carbocycles. The van der Waals surface area contributed by atoms with Gasteiger partial charge in [0.2, 0.25) is 0 Å². The average Bonchev–Trinajstić information content (AvgIpc) is 2.72. The van der Waals surface area contributed by atoms with Gasteiger partial charge in [-0.1, -0.05) is 32.0 Å². The lowest BCUT2D eigenvalue weighted by Crippen LogP contribution is -2.35. The van der Waals surface area contributed by atoms with Crippen molar-refractivity contribution in [2.24, 2.45) is 0 Å². The lowest BCUT2D eigenvalue weighted by atomic mass is 10.2. The van der Waals surface area contributed by atoms with Crippen molar-refractivity contribution in [1.29, 1.82) is 0 Å². The third-order valence-corrected chi connectivity index (χ3v) is 6.12. The number of fused-ring (bicyclic) bond motifs is 2. The highest BCUT2D eigenvalue weighted by Gasteiger charge is 2.32. The molecule has 31 heavy (non-hydrogen) atoms. The number of unbranched alkanes of at least 4 members (excludes halogenated alkanes) is 1. The van der Waals surface area contributed by atoms with Crippen LogP contribution >= 0.6 is 11.8 Å². The van der Waals surface area contributed by atoms with Gasteiger partial charge in [0.15, 0.2) is 0 Å². The highest BCUT2D eigenvalue weighted by molar-refractivity contribution is 7.99. The average molecular weight is 443 g/mol. The summed E-state index contributed by atoms with van der Waals surface area (Å²) in [5.41, 5.74) is 2.29. The van der Waals surface area contributed by atoms with Gasteiger partial charge in [-0.3, -0.25) is 0 Å². The van der Waals surface area contributed by atoms with Gasteiger partial charge in [0.05, 0.1) is 18.5 Å². The molecule has 0 bridgehead atoms. The van der Waals surface area contributed by atoms with Gasteiger partial charge < -0.3 is 14.4 Å². The molecule has 5 nitrogen and oxygen atoms in total. The Morgan fingerprint density at radius 1 is 1.00 bits per heavy atom. The molecule has 0 spiro atoms. The van der Waals surface area contributed by atoms with Crippen LogP contribution in [0.3, 0.4) is 0 Å². The lowest BCUT2D eigenvalue weighted by Gasteiger charge is -2.34. The summed E-state index contributed by atoms with van der Waals surface area (Å²) in [6, 6.07) is 12.1. The molecule has 1 heterocycles. The van der Waals surface area contributed by atoms with E-state index in [4.69, 9.17) is 9.47 Å². The van der Waals surface area contributed by atoms with E-state index in [9.17, 15) is 4.79 Å². The monoisotopic (exact) mass is 442 g/mol. The smallest absolute Gasteiger partial charge is 0.419 e. The Kier molecular flexibility index (Phi) is 7.42. The summed E-state index contributed by atoms with van der Waals surface area (Å²) in [4.78, 5) is 19.3. The van der Waals surface area contributed by atoms with E-state index >= 15 is 0 Å². The molecule has 1 aliphatic heterocycles. The molecule has 0 N–H and O–H groups in total. The molecule has 0 aromatic heterocycles. The van der Waals surface area contributed by atoms with E-state index in [2.05, 4.69) is 30.9 Å². The van der Waals surface area contributed by atoms with Crippen LogP contribution in [0.4, 0.5) is 21.9 Å². The maximum absolute atomic E-state index is 13.2. The van der Waals surface area contributed by atoms with Crippen LogP contribution in [0.5, 0.6) is 5.75 Å². The molecular weight excluding hydrogens is 408 g/mol. The number of ether oxygens (including phenoxy) is 2. The third kappa shape index (κ3) is 5.48. The first-order valence-electron chi connectivity index (χ1n) is 11.1. The maximum atomic E-state index is 13.2. The summed E-state index contributed by atoms with van der Waals surface area (Å²) in [5.74, 6) is 0.769. The molecule has 0 unspecified atom stereocenters. The molecular formula is C25H34N2O3S. The fourth-order valence-electron chi connectivity index (χ4n) is 3.60. The molecule has 0 aliphatic carbocycles. The molecule has 168 valence electrons. The molecule has 2 aromatic rings. The summed E-state index contributed by atoms with van der Waals surface area (Å²) < 4.78 is 11.2. The molecule has 0 radical (unpaired) electrons. The molecule has 3 rings (SSSR count). The van der Waals surface area contributed by atoms with Gasteiger partial charge >= 0.3 is 6.09 Å². The van der Waals surface area contributed by atoms with Crippen LogP contribution in [0.15, 0.2) is 46.2 Å². The molecule has 2 aromatic carbocycles. The highest BCUT2D eigenvalue weighted by Crippen LogP contribution is 2.50. The Morgan fingerprint density at radius 2 is 1.68 bits per heavy atom. The fourth-order valence-corrected chi connectivity index (χ4v) is 4.71. The van der Waals surface area contributed by atoms with Crippen molar-refractivity contribution in [2.45, 2.75) is 69.3 Å². The lowest BCUT2D eigenvalue weighted by molar-refractivity contribution is 0.0597. The van der Waals surface area contributed by atoms with E-state index in [-0.39, 0.29) is 6.09 Å². The van der Waals surface area contributed by atoms with Gasteiger partial charge in [-0.2, -0.15) is 0 Å². The summed E-state index contributed by atoms with van der Waals surface area (Å²) in [7, 11) is 1.66. The van der Waals surface area contributed by atoms with Crippen LogP contribution in [-0.2, 0) is 4.74 Å². The number of amides is 1. The molecule has 1 aliphatic rings. The second-order valence-corrected chi connectivity index (χ2v) is 9.83. The Morgan fingerprint density at radius 3 is 2.29 bits per heavy atom. The number of hydrogen-bond acceptors (Lipinski definition) is 5. The van der Waals surface area contributed by atoms with Crippen LogP contribution < -0.4 is 14.5 Å². The van der Waals surface area contributed by atoms with Gasteiger partial charge in [0.25, 0.3) is 0 Å². The Bertz CT molecular complexity index is 923. The number of hydrogen-bond donors (Lipinski definition) is 0. The largest absolute Gasteiger partial charge is 0.497 e. The van der Waals surface area contributed by atoms with Gasteiger partial charge in [0, 0.05) is 28.6 Å². The van der Waals surface area contributed by atoms with E-state index < -0.39 is 5.60 Å². The van der Waals surface area contributed by atoms with Crippen molar-refractivity contribution in [2.75, 3.05) is 30.0 Å². The predicted molar refractivity (Wildman–Crippen MR) is 129 cm³/mol. The Labute approximate surface area is 190 Å². The number of benzene rings is 2. The quantitative estimate of drug-likeness (QED) is 0.452. The number of nitrogens with zero attached hydrogens (tertiary/aromatic N) is 2. The number of carbonyl (C=O) groups is 1. The van der Waals surface area contributed by atoms with Crippen molar-refractivity contribution < 1.29 is 14.3 Å². The fraction of sp³-hybridized carbons (Fsp3) is 0.480. The van der Waals surface area contributed by atoms with Crippen LogP contribution in [-0.4, -0.2) is 31.9 Å². The summed E-state index contributed by atoms with van der Waals surface area (Å²) >= 11 is 1.67. The third-order valence-electron chi connectivity index (χ3n) is 5.03. The summed E-state index contributed by atoms with van der Waals surface area (Å²) in [6.07, 6.45) is 3.05. The minimum absolute atomic E-state index is 0.371. The van der Waals surface area contributed by atoms with E-state index in [0.29, 0.717) is 0 Å². The second-order valence-electron chi connectivity index (χ2n) is 8.74. The zero-order valence-corrected chi connectivity index (χ0v) is 20.3. The van der Waals surface area contributed by atoms with Crippen LogP contribution in [0.2, 0.25) is 0 Å². The van der Waals surface area contributed by atoms with Gasteiger partial charge in [0.1, 0.15) is 11.4 Å². The molecule has 0 atom stereocenters. The van der Waals surface area contributed by atoms with Crippen molar-refractivity contribution in [3.8, 4) is 5.75 Å². The number of anilines is 3. The maximum Gasteiger partial charge on any atom is 0.419 e. The minimum atomic E-state index is -0.577. The van der Waals surface area contributed by atoms with Gasteiger partial charge in [-0.25, -0.2) is 9.69 Å². The first-order valence-corrected chi connectivity index (χ1v) is 11.9.